The topological polar surface area (TPSA) is 0 Å². The molecule has 92 valence electrons. The van der Waals surface area contributed by atoms with E-state index in [1.807, 2.05) is 0 Å². The van der Waals surface area contributed by atoms with Gasteiger partial charge < -0.3 is 0 Å². The fourth-order valence-electron chi connectivity index (χ4n) is 3.03. The lowest BCUT2D eigenvalue weighted by Gasteiger charge is -2.35. The van der Waals surface area contributed by atoms with Crippen LogP contribution in [-0.4, -0.2) is 0 Å². The molecular formula is C15H32. The van der Waals surface area contributed by atoms with Crippen LogP contribution in [0, 0.1) is 29.6 Å². The van der Waals surface area contributed by atoms with Gasteiger partial charge in [0.1, 0.15) is 0 Å². The predicted octanol–water partition coefficient (Wildman–Crippen LogP) is 5.38. The Morgan fingerprint density at radius 1 is 0.667 bits per heavy atom. The van der Waals surface area contributed by atoms with E-state index >= 15 is 0 Å². The van der Waals surface area contributed by atoms with Gasteiger partial charge in [-0.15, -0.1) is 0 Å². The van der Waals surface area contributed by atoms with Gasteiger partial charge in [0.05, 0.1) is 0 Å². The molecule has 0 aliphatic heterocycles. The summed E-state index contributed by atoms with van der Waals surface area (Å²) in [6.07, 6.45) is 4.05. The Morgan fingerprint density at radius 3 is 1.40 bits per heavy atom. The van der Waals surface area contributed by atoms with Crippen LogP contribution in [0.2, 0.25) is 0 Å². The second-order valence-electron chi connectivity index (χ2n) is 5.61. The van der Waals surface area contributed by atoms with Gasteiger partial charge in [0, 0.05) is 0 Å². The number of hydrogen-bond acceptors (Lipinski definition) is 0. The molecule has 0 amide bonds. The molecule has 0 aromatic rings. The molecular weight excluding hydrogens is 180 g/mol. The maximum atomic E-state index is 2.47. The molecule has 0 bridgehead atoms. The van der Waals surface area contributed by atoms with Gasteiger partial charge in [0.2, 0.25) is 0 Å². The van der Waals surface area contributed by atoms with Crippen molar-refractivity contribution < 1.29 is 0 Å². The second kappa shape index (κ2) is 7.30. The summed E-state index contributed by atoms with van der Waals surface area (Å²) < 4.78 is 0. The Bertz CT molecular complexity index is 144. The number of rotatable bonds is 7. The van der Waals surface area contributed by atoms with Crippen molar-refractivity contribution in [3.63, 3.8) is 0 Å². The van der Waals surface area contributed by atoms with Crippen molar-refractivity contribution in [3.8, 4) is 0 Å². The van der Waals surface area contributed by atoms with Crippen molar-refractivity contribution >= 4 is 0 Å². The van der Waals surface area contributed by atoms with E-state index in [4.69, 9.17) is 0 Å². The zero-order chi connectivity index (χ0) is 12.0. The molecule has 0 aliphatic carbocycles. The second-order valence-corrected chi connectivity index (χ2v) is 5.61. The Kier molecular flexibility index (Phi) is 7.30. The molecule has 0 aliphatic rings. The van der Waals surface area contributed by atoms with Crippen LogP contribution in [0.25, 0.3) is 0 Å². The minimum atomic E-state index is 0.823. The fraction of sp³-hybridized carbons (Fsp3) is 1.00. The Hall–Kier alpha value is 0. The first kappa shape index (κ1) is 15.0. The molecule has 3 atom stereocenters. The molecule has 0 aromatic heterocycles. The van der Waals surface area contributed by atoms with Crippen molar-refractivity contribution in [2.45, 2.75) is 67.7 Å². The van der Waals surface area contributed by atoms with Crippen LogP contribution in [0.4, 0.5) is 0 Å². The van der Waals surface area contributed by atoms with E-state index in [2.05, 4.69) is 48.5 Å². The van der Waals surface area contributed by atoms with Gasteiger partial charge in [-0.2, -0.15) is 0 Å². The first-order valence-electron chi connectivity index (χ1n) is 6.99. The van der Waals surface area contributed by atoms with E-state index in [1.54, 1.807) is 0 Å². The fourth-order valence-corrected chi connectivity index (χ4v) is 3.03. The van der Waals surface area contributed by atoms with Crippen molar-refractivity contribution in [2.24, 2.45) is 29.6 Å². The molecule has 0 saturated carbocycles. The molecule has 0 saturated heterocycles. The predicted molar refractivity (Wildman–Crippen MR) is 71.0 cm³/mol. The molecule has 3 unspecified atom stereocenters. The summed E-state index contributed by atoms with van der Waals surface area (Å²) in [7, 11) is 0. The van der Waals surface area contributed by atoms with Crippen LogP contribution in [0.1, 0.15) is 67.7 Å². The summed E-state index contributed by atoms with van der Waals surface area (Å²) in [5.74, 6) is 4.42. The Labute approximate surface area is 97.8 Å². The summed E-state index contributed by atoms with van der Waals surface area (Å²) in [6.45, 7) is 16.7. The molecule has 0 heterocycles. The molecule has 0 heteroatoms. The smallest absolute Gasteiger partial charge is 0.0360 e. The van der Waals surface area contributed by atoms with Gasteiger partial charge in [0.15, 0.2) is 0 Å². The van der Waals surface area contributed by atoms with Gasteiger partial charge >= 0.3 is 0 Å². The molecule has 0 N–H and O–H groups in total. The summed E-state index contributed by atoms with van der Waals surface area (Å²) >= 11 is 0. The Balaban J connectivity index is 4.50. The highest BCUT2D eigenvalue weighted by atomic mass is 14.3. The standard InChI is InChI=1S/C15H32/c1-8-14(9-2)15(10-3)13(7)12(6)11(4)5/h11-15H,8-10H2,1-7H3. The van der Waals surface area contributed by atoms with Crippen molar-refractivity contribution in [1.29, 1.82) is 0 Å². The van der Waals surface area contributed by atoms with Gasteiger partial charge in [-0.25, -0.2) is 0 Å². The van der Waals surface area contributed by atoms with Gasteiger partial charge in [-0.05, 0) is 29.6 Å². The summed E-state index contributed by atoms with van der Waals surface area (Å²) in [5, 5.41) is 0. The molecule has 0 nitrogen and oxygen atoms in total. The highest BCUT2D eigenvalue weighted by Gasteiger charge is 2.27. The van der Waals surface area contributed by atoms with E-state index in [0.29, 0.717) is 0 Å². The molecule has 0 fully saturated rings. The van der Waals surface area contributed by atoms with E-state index in [0.717, 1.165) is 29.6 Å². The first-order chi connectivity index (χ1) is 6.99. The van der Waals surface area contributed by atoms with Gasteiger partial charge in [0.25, 0.3) is 0 Å². The Morgan fingerprint density at radius 2 is 1.13 bits per heavy atom. The van der Waals surface area contributed by atoms with Crippen LogP contribution in [0.15, 0.2) is 0 Å². The van der Waals surface area contributed by atoms with E-state index in [1.165, 1.54) is 19.3 Å². The van der Waals surface area contributed by atoms with Gasteiger partial charge in [-0.1, -0.05) is 67.7 Å². The zero-order valence-corrected chi connectivity index (χ0v) is 12.0. The van der Waals surface area contributed by atoms with E-state index in [-0.39, 0.29) is 0 Å². The average Bonchev–Trinajstić information content (AvgIpc) is 2.23. The van der Waals surface area contributed by atoms with Gasteiger partial charge in [-0.3, -0.25) is 0 Å². The van der Waals surface area contributed by atoms with Crippen LogP contribution in [-0.2, 0) is 0 Å². The van der Waals surface area contributed by atoms with Crippen molar-refractivity contribution in [1.82, 2.24) is 0 Å². The maximum Gasteiger partial charge on any atom is -0.0360 e. The lowest BCUT2D eigenvalue weighted by atomic mass is 9.70. The minimum Gasteiger partial charge on any atom is -0.0651 e. The largest absolute Gasteiger partial charge is 0.0651 e. The minimum absolute atomic E-state index is 0.823. The van der Waals surface area contributed by atoms with Crippen LogP contribution in [0.5, 0.6) is 0 Å². The lowest BCUT2D eigenvalue weighted by Crippen LogP contribution is -2.27. The molecule has 0 rings (SSSR count). The van der Waals surface area contributed by atoms with Crippen molar-refractivity contribution in [2.75, 3.05) is 0 Å². The maximum absolute atomic E-state index is 2.47. The van der Waals surface area contributed by atoms with Crippen LogP contribution < -0.4 is 0 Å². The van der Waals surface area contributed by atoms with E-state index < -0.39 is 0 Å². The lowest BCUT2D eigenvalue weighted by molar-refractivity contribution is 0.143. The first-order valence-corrected chi connectivity index (χ1v) is 6.99. The summed E-state index contributed by atoms with van der Waals surface area (Å²) in [6, 6.07) is 0. The molecule has 0 aromatic carbocycles. The van der Waals surface area contributed by atoms with E-state index in [9.17, 15) is 0 Å². The number of hydrogen-bond donors (Lipinski definition) is 0. The highest BCUT2D eigenvalue weighted by molar-refractivity contribution is 4.77. The van der Waals surface area contributed by atoms with Crippen molar-refractivity contribution in [3.05, 3.63) is 0 Å². The van der Waals surface area contributed by atoms with Crippen LogP contribution in [0.3, 0.4) is 0 Å². The zero-order valence-electron chi connectivity index (χ0n) is 12.0. The molecule has 15 heavy (non-hydrogen) atoms. The average molecular weight is 212 g/mol. The third kappa shape index (κ3) is 4.17. The van der Waals surface area contributed by atoms with Crippen LogP contribution >= 0.6 is 0 Å². The molecule has 0 radical (unpaired) electrons. The SMILES string of the molecule is CCC(CC)C(CC)C(C)C(C)C(C)C. The highest BCUT2D eigenvalue weighted by Crippen LogP contribution is 2.36. The monoisotopic (exact) mass is 212 g/mol. The third-order valence-corrected chi connectivity index (χ3v) is 4.68. The molecule has 0 spiro atoms. The normalized spacial score (nSPS) is 18.2. The third-order valence-electron chi connectivity index (χ3n) is 4.68. The summed E-state index contributed by atoms with van der Waals surface area (Å²) in [4.78, 5) is 0. The summed E-state index contributed by atoms with van der Waals surface area (Å²) in [5.41, 5.74) is 0. The quantitative estimate of drug-likeness (QED) is 0.531.